The average molecular weight is 533 g/mol. The normalized spacial score (nSPS) is 31.5. The molecule has 194 valence electrons. The fourth-order valence-electron chi connectivity index (χ4n) is 3.92. The van der Waals surface area contributed by atoms with Crippen LogP contribution in [0.3, 0.4) is 0 Å². The molecule has 2 aromatic rings. The molecular formula is C20H30ClN6O7P. The highest BCUT2D eigenvalue weighted by Crippen LogP contribution is 2.57. The zero-order chi connectivity index (χ0) is 25.5. The van der Waals surface area contributed by atoms with Crippen molar-refractivity contribution >= 4 is 42.4 Å². The van der Waals surface area contributed by atoms with Crippen LogP contribution >= 0.6 is 19.3 Å². The molecule has 6 atom stereocenters. The number of ether oxygens (including phenoxy) is 3. The molecule has 4 rings (SSSR count). The number of anilines is 1. The van der Waals surface area contributed by atoms with Crippen LogP contribution in [0.2, 0.25) is 0 Å². The molecule has 0 spiro atoms. The minimum Gasteiger partial charge on any atom is -0.476 e. The molecule has 4 heterocycles. The molecule has 0 aromatic carbocycles. The number of hydrogen-bond acceptors (Lipinski definition) is 11. The molecule has 3 N–H and O–H groups in total. The van der Waals surface area contributed by atoms with Gasteiger partial charge in [-0.2, -0.15) is 9.97 Å². The fourth-order valence-corrected chi connectivity index (χ4v) is 6.14. The van der Waals surface area contributed by atoms with E-state index in [0.717, 1.165) is 0 Å². The van der Waals surface area contributed by atoms with E-state index >= 15 is 0 Å². The van der Waals surface area contributed by atoms with E-state index in [0.29, 0.717) is 17.8 Å². The molecular weight excluding hydrogens is 503 g/mol. The molecule has 0 saturated carbocycles. The van der Waals surface area contributed by atoms with Gasteiger partial charge in [0.1, 0.15) is 23.7 Å². The Kier molecular flexibility index (Phi) is 7.29. The molecule has 2 saturated heterocycles. The Balaban J connectivity index is 1.53. The summed E-state index contributed by atoms with van der Waals surface area (Å²) in [6.07, 6.45) is -0.695. The zero-order valence-electron chi connectivity index (χ0n) is 20.1. The van der Waals surface area contributed by atoms with Gasteiger partial charge in [-0.05, 0) is 20.8 Å². The van der Waals surface area contributed by atoms with Crippen LogP contribution in [0.4, 0.5) is 5.95 Å². The van der Waals surface area contributed by atoms with Crippen LogP contribution in [0.15, 0.2) is 6.33 Å². The number of esters is 1. The van der Waals surface area contributed by atoms with Crippen LogP contribution in [0, 0.1) is 5.92 Å². The first-order valence-corrected chi connectivity index (χ1v) is 13.2. The molecule has 13 nitrogen and oxygen atoms in total. The third-order valence-corrected chi connectivity index (χ3v) is 7.76. The van der Waals surface area contributed by atoms with E-state index < -0.39 is 37.1 Å². The molecule has 15 heteroatoms. The van der Waals surface area contributed by atoms with Crippen molar-refractivity contribution in [1.29, 1.82) is 0 Å². The van der Waals surface area contributed by atoms with E-state index in [2.05, 4.69) is 20.0 Å². The van der Waals surface area contributed by atoms with Crippen molar-refractivity contribution in [1.82, 2.24) is 24.6 Å². The molecule has 0 radical (unpaired) electrons. The summed E-state index contributed by atoms with van der Waals surface area (Å²) < 4.78 is 43.2. The van der Waals surface area contributed by atoms with E-state index in [1.807, 2.05) is 6.92 Å². The van der Waals surface area contributed by atoms with Crippen molar-refractivity contribution in [3.8, 4) is 5.88 Å². The number of nitrogens with two attached hydrogens (primary N) is 1. The van der Waals surface area contributed by atoms with Gasteiger partial charge in [-0.25, -0.2) is 14.6 Å². The van der Waals surface area contributed by atoms with Gasteiger partial charge in [-0.15, -0.1) is 11.6 Å². The van der Waals surface area contributed by atoms with Crippen LogP contribution in [0.5, 0.6) is 5.88 Å². The van der Waals surface area contributed by atoms with Gasteiger partial charge in [0.2, 0.25) is 11.8 Å². The van der Waals surface area contributed by atoms with Crippen LogP contribution in [-0.4, -0.2) is 68.4 Å². The monoisotopic (exact) mass is 532 g/mol. The molecule has 2 unspecified atom stereocenters. The van der Waals surface area contributed by atoms with Gasteiger partial charge < -0.3 is 19.9 Å². The Morgan fingerprint density at radius 2 is 2.17 bits per heavy atom. The molecule has 0 amide bonds. The maximum atomic E-state index is 13.3. The smallest absolute Gasteiger partial charge is 0.406 e. The number of nitrogen functional groups attached to an aromatic ring is 1. The highest BCUT2D eigenvalue weighted by atomic mass is 35.5. The molecule has 0 aliphatic carbocycles. The predicted octanol–water partition coefficient (Wildman–Crippen LogP) is 2.40. The second-order valence-corrected chi connectivity index (χ2v) is 11.5. The second-order valence-electron chi connectivity index (χ2n) is 8.96. The quantitative estimate of drug-likeness (QED) is 0.290. The zero-order valence-corrected chi connectivity index (χ0v) is 21.8. The van der Waals surface area contributed by atoms with E-state index in [9.17, 15) is 9.36 Å². The number of fused-ring (bicyclic) bond motifs is 2. The van der Waals surface area contributed by atoms with Gasteiger partial charge in [0.05, 0.1) is 25.5 Å². The summed E-state index contributed by atoms with van der Waals surface area (Å²) in [5.74, 6) is -0.363. The third-order valence-electron chi connectivity index (χ3n) is 5.61. The van der Waals surface area contributed by atoms with Crippen molar-refractivity contribution in [2.45, 2.75) is 64.0 Å². The van der Waals surface area contributed by atoms with E-state index in [1.54, 1.807) is 32.3 Å². The topological polar surface area (TPSA) is 162 Å². The number of carbonyl (C=O) groups is 1. The number of halogens is 1. The summed E-state index contributed by atoms with van der Waals surface area (Å²) in [4.78, 5) is 23.3. The highest BCUT2D eigenvalue weighted by molar-refractivity contribution is 7.51. The summed E-state index contributed by atoms with van der Waals surface area (Å²) in [6.45, 7) is 9.05. The Bertz CT molecular complexity index is 1140. The molecule has 0 bridgehead atoms. The lowest BCUT2D eigenvalue weighted by Gasteiger charge is -2.36. The number of nitrogens with one attached hydrogen (secondary N) is 1. The summed E-state index contributed by atoms with van der Waals surface area (Å²) >= 11 is 6.96. The number of alkyl halides is 1. The molecule has 2 aromatic heterocycles. The third kappa shape index (κ3) is 5.11. The van der Waals surface area contributed by atoms with Crippen molar-refractivity contribution < 1.29 is 32.6 Å². The summed E-state index contributed by atoms with van der Waals surface area (Å²) in [5.41, 5.74) is 6.65. The van der Waals surface area contributed by atoms with E-state index in [-0.39, 0.29) is 36.9 Å². The van der Waals surface area contributed by atoms with Crippen LogP contribution in [-0.2, 0) is 27.9 Å². The van der Waals surface area contributed by atoms with Gasteiger partial charge in [-0.1, -0.05) is 13.8 Å². The largest absolute Gasteiger partial charge is 0.476 e. The molecule has 35 heavy (non-hydrogen) atoms. The standard InChI is InChI=1S/C20H30ClN6O7P/c1-6-30-16-13-15(24-19(22)25-16)27(9-23-13)18-20(5,21)14-12(33-18)8-32-35(29,34-14)26-11(4)7-31-17(28)10(2)3/h9-12,14,18H,6-8H2,1-5H3,(H,26,29)(H2,22,24,25)/t11?,12-,14-,18-,20-,35?/m1/s1. The summed E-state index contributed by atoms with van der Waals surface area (Å²) in [5, 5.41) is 2.79. The number of aromatic nitrogens is 4. The first-order valence-electron chi connectivity index (χ1n) is 11.3. The minimum absolute atomic E-state index is 0.00338. The first kappa shape index (κ1) is 26.1. The Labute approximate surface area is 207 Å². The number of nitrogens with zero attached hydrogens (tertiary/aromatic N) is 4. The number of hydrogen-bond donors (Lipinski definition) is 2. The number of rotatable bonds is 8. The fraction of sp³-hybridized carbons (Fsp3) is 0.700. The lowest BCUT2D eigenvalue weighted by Crippen LogP contribution is -2.46. The number of carbonyl (C=O) groups excluding carboxylic acids is 1. The van der Waals surface area contributed by atoms with Gasteiger partial charge in [-0.3, -0.25) is 18.4 Å². The SMILES string of the molecule is CCOc1nc(N)nc2c1ncn2[C@@H]1O[C@@H]2COP(=O)(NC(C)COC(=O)C(C)C)O[C@H]2[C@@]1(C)Cl. The first-order chi connectivity index (χ1) is 16.4. The number of imidazole rings is 1. The molecule has 2 aliphatic heterocycles. The van der Waals surface area contributed by atoms with Gasteiger partial charge in [0.25, 0.3) is 0 Å². The van der Waals surface area contributed by atoms with Crippen molar-refractivity contribution in [2.75, 3.05) is 25.6 Å². The van der Waals surface area contributed by atoms with Crippen molar-refractivity contribution in [3.63, 3.8) is 0 Å². The highest BCUT2D eigenvalue weighted by Gasteiger charge is 2.60. The van der Waals surface area contributed by atoms with Crippen LogP contribution in [0.1, 0.15) is 40.8 Å². The summed E-state index contributed by atoms with van der Waals surface area (Å²) in [7, 11) is -3.78. The van der Waals surface area contributed by atoms with Crippen LogP contribution < -0.4 is 15.6 Å². The lowest BCUT2D eigenvalue weighted by atomic mass is 10.0. The van der Waals surface area contributed by atoms with Gasteiger partial charge in [0, 0.05) is 6.04 Å². The Morgan fingerprint density at radius 3 is 2.86 bits per heavy atom. The molecule has 2 aliphatic rings. The lowest BCUT2D eigenvalue weighted by molar-refractivity contribution is -0.147. The van der Waals surface area contributed by atoms with Crippen molar-refractivity contribution in [2.24, 2.45) is 5.92 Å². The van der Waals surface area contributed by atoms with Gasteiger partial charge >= 0.3 is 13.7 Å². The molecule has 2 fully saturated rings. The Morgan fingerprint density at radius 1 is 1.43 bits per heavy atom. The van der Waals surface area contributed by atoms with Crippen LogP contribution in [0.25, 0.3) is 11.2 Å². The average Bonchev–Trinajstić information content (AvgIpc) is 3.30. The Hall–Kier alpha value is -2.02. The van der Waals surface area contributed by atoms with Gasteiger partial charge in [0.15, 0.2) is 17.4 Å². The van der Waals surface area contributed by atoms with Crippen molar-refractivity contribution in [3.05, 3.63) is 6.33 Å². The minimum atomic E-state index is -3.78. The second kappa shape index (κ2) is 9.79. The predicted molar refractivity (Wildman–Crippen MR) is 126 cm³/mol. The van der Waals surface area contributed by atoms with E-state index in [1.165, 1.54) is 6.33 Å². The van der Waals surface area contributed by atoms with E-state index in [4.69, 9.17) is 40.6 Å². The summed E-state index contributed by atoms with van der Waals surface area (Å²) in [6, 6.07) is -0.492. The maximum absolute atomic E-state index is 13.3. The maximum Gasteiger partial charge on any atom is 0.406 e.